The first kappa shape index (κ1) is 16.5. The summed E-state index contributed by atoms with van der Waals surface area (Å²) in [6.45, 7) is 4.99. The molecular formula is C8H16Cl4O. The molecule has 1 nitrogen and oxygen atoms in total. The van der Waals surface area contributed by atoms with Gasteiger partial charge in [-0.15, -0.1) is 11.6 Å². The molecule has 0 radical (unpaired) electrons. The van der Waals surface area contributed by atoms with E-state index in [4.69, 9.17) is 51.5 Å². The zero-order valence-electron chi connectivity index (χ0n) is 8.08. The molecule has 0 rings (SSSR count). The molecular weight excluding hydrogens is 254 g/mol. The Morgan fingerprint density at radius 1 is 1.15 bits per heavy atom. The van der Waals surface area contributed by atoms with Gasteiger partial charge in [0.05, 0.1) is 0 Å². The first-order chi connectivity index (χ1) is 5.66. The molecule has 0 bridgehead atoms. The van der Waals surface area contributed by atoms with Crippen molar-refractivity contribution in [2.75, 3.05) is 5.88 Å². The van der Waals surface area contributed by atoms with E-state index in [1.807, 2.05) is 0 Å². The normalized spacial score (nSPS) is 12.0. The second-order valence-corrected chi connectivity index (χ2v) is 5.76. The van der Waals surface area contributed by atoms with Crippen LogP contribution in [0.3, 0.4) is 0 Å². The summed E-state index contributed by atoms with van der Waals surface area (Å²) in [4.78, 5) is 0. The van der Waals surface area contributed by atoms with Gasteiger partial charge in [-0.25, -0.2) is 0 Å². The van der Waals surface area contributed by atoms with Crippen LogP contribution in [0.1, 0.15) is 33.6 Å². The Labute approximate surface area is 100 Å². The van der Waals surface area contributed by atoms with Gasteiger partial charge in [0.1, 0.15) is 5.60 Å². The Morgan fingerprint density at radius 2 is 1.46 bits per heavy atom. The standard InChI is InChI=1S/C4H7Cl3O.C4H9Cl/c1-3(2,8)4(5,6)7;1-2-3-4-5/h8H,1-2H3;2-4H2,1H3. The van der Waals surface area contributed by atoms with Crippen LogP contribution >= 0.6 is 46.4 Å². The van der Waals surface area contributed by atoms with Crippen LogP contribution in [0, 0.1) is 0 Å². The highest BCUT2D eigenvalue weighted by Crippen LogP contribution is 2.37. The summed E-state index contributed by atoms with van der Waals surface area (Å²) in [6.07, 6.45) is 2.37. The van der Waals surface area contributed by atoms with E-state index in [9.17, 15) is 0 Å². The molecule has 0 fully saturated rings. The molecule has 0 aromatic carbocycles. The topological polar surface area (TPSA) is 20.2 Å². The Hall–Kier alpha value is 1.12. The molecule has 0 aliphatic carbocycles. The van der Waals surface area contributed by atoms with Gasteiger partial charge in [0.2, 0.25) is 3.79 Å². The summed E-state index contributed by atoms with van der Waals surface area (Å²) in [7, 11) is 0. The van der Waals surface area contributed by atoms with Gasteiger partial charge in [-0.2, -0.15) is 0 Å². The Balaban J connectivity index is 0. The average Bonchev–Trinajstić information content (AvgIpc) is 1.85. The van der Waals surface area contributed by atoms with Crippen LogP contribution in [0.4, 0.5) is 0 Å². The zero-order valence-corrected chi connectivity index (χ0v) is 11.1. The lowest BCUT2D eigenvalue weighted by Gasteiger charge is -2.25. The highest BCUT2D eigenvalue weighted by atomic mass is 35.6. The van der Waals surface area contributed by atoms with Crippen molar-refractivity contribution >= 4 is 46.4 Å². The van der Waals surface area contributed by atoms with Crippen molar-refractivity contribution in [2.24, 2.45) is 0 Å². The molecule has 0 amide bonds. The minimum Gasteiger partial charge on any atom is -0.386 e. The molecule has 1 N–H and O–H groups in total. The maximum Gasteiger partial charge on any atom is 0.218 e. The van der Waals surface area contributed by atoms with Crippen LogP contribution in [-0.4, -0.2) is 20.4 Å². The number of unbranched alkanes of at least 4 members (excludes halogenated alkanes) is 1. The van der Waals surface area contributed by atoms with E-state index < -0.39 is 9.39 Å². The maximum absolute atomic E-state index is 8.96. The summed E-state index contributed by atoms with van der Waals surface area (Å²) in [5.41, 5.74) is -1.27. The summed E-state index contributed by atoms with van der Waals surface area (Å²) >= 11 is 21.2. The second-order valence-electron chi connectivity index (χ2n) is 3.10. The van der Waals surface area contributed by atoms with Gasteiger partial charge in [0.15, 0.2) is 0 Å². The lowest BCUT2D eigenvalue weighted by Crippen LogP contribution is -2.35. The van der Waals surface area contributed by atoms with Crippen molar-refractivity contribution in [1.29, 1.82) is 0 Å². The van der Waals surface area contributed by atoms with E-state index in [0.29, 0.717) is 0 Å². The molecule has 0 saturated heterocycles. The average molecular weight is 270 g/mol. The summed E-state index contributed by atoms with van der Waals surface area (Å²) in [5, 5.41) is 8.96. The number of halogens is 4. The first-order valence-electron chi connectivity index (χ1n) is 4.01. The number of rotatable bonds is 2. The quantitative estimate of drug-likeness (QED) is 0.747. The van der Waals surface area contributed by atoms with E-state index >= 15 is 0 Å². The SMILES string of the molecule is CC(C)(O)C(Cl)(Cl)Cl.CCCCCl. The fraction of sp³-hybridized carbons (Fsp3) is 1.00. The molecule has 0 heterocycles. The van der Waals surface area contributed by atoms with E-state index in [1.54, 1.807) is 0 Å². The summed E-state index contributed by atoms with van der Waals surface area (Å²) in [6, 6.07) is 0. The van der Waals surface area contributed by atoms with Gasteiger partial charge in [-0.05, 0) is 20.3 Å². The van der Waals surface area contributed by atoms with E-state index in [-0.39, 0.29) is 0 Å². The molecule has 5 heteroatoms. The molecule has 0 aliphatic rings. The van der Waals surface area contributed by atoms with Crippen molar-refractivity contribution in [3.8, 4) is 0 Å². The van der Waals surface area contributed by atoms with Crippen LogP contribution < -0.4 is 0 Å². The molecule has 0 aromatic rings. The van der Waals surface area contributed by atoms with Crippen LogP contribution in [0.2, 0.25) is 0 Å². The smallest absolute Gasteiger partial charge is 0.218 e. The van der Waals surface area contributed by atoms with Crippen LogP contribution in [0.25, 0.3) is 0 Å². The van der Waals surface area contributed by atoms with E-state index in [1.165, 1.54) is 20.3 Å². The minimum absolute atomic E-state index is 0.816. The van der Waals surface area contributed by atoms with Crippen molar-refractivity contribution in [3.05, 3.63) is 0 Å². The van der Waals surface area contributed by atoms with Gasteiger partial charge in [0, 0.05) is 5.88 Å². The molecule has 0 aliphatic heterocycles. The first-order valence-corrected chi connectivity index (χ1v) is 5.68. The van der Waals surface area contributed by atoms with Crippen LogP contribution in [-0.2, 0) is 0 Å². The molecule has 0 unspecified atom stereocenters. The number of hydrogen-bond acceptors (Lipinski definition) is 1. The monoisotopic (exact) mass is 268 g/mol. The van der Waals surface area contributed by atoms with Gasteiger partial charge in [-0.3, -0.25) is 0 Å². The third kappa shape index (κ3) is 11.0. The van der Waals surface area contributed by atoms with E-state index in [2.05, 4.69) is 6.92 Å². The molecule has 0 spiro atoms. The lowest BCUT2D eigenvalue weighted by molar-refractivity contribution is 0.0847. The van der Waals surface area contributed by atoms with Crippen molar-refractivity contribution in [1.82, 2.24) is 0 Å². The third-order valence-corrected chi connectivity index (χ3v) is 2.84. The molecule has 82 valence electrons. The van der Waals surface area contributed by atoms with E-state index in [0.717, 1.165) is 12.3 Å². The number of hydrogen-bond donors (Lipinski definition) is 1. The van der Waals surface area contributed by atoms with Gasteiger partial charge in [-0.1, -0.05) is 48.1 Å². The van der Waals surface area contributed by atoms with Crippen molar-refractivity contribution in [2.45, 2.75) is 43.0 Å². The minimum atomic E-state index is -1.59. The highest BCUT2D eigenvalue weighted by molar-refractivity contribution is 6.68. The van der Waals surface area contributed by atoms with Gasteiger partial charge < -0.3 is 5.11 Å². The Kier molecular flexibility index (Phi) is 9.44. The predicted octanol–water partition coefficient (Wildman–Crippen LogP) is 4.15. The fourth-order valence-electron chi connectivity index (χ4n) is 0.134. The predicted molar refractivity (Wildman–Crippen MR) is 62.2 cm³/mol. The zero-order chi connectivity index (χ0) is 11.1. The van der Waals surface area contributed by atoms with Crippen molar-refractivity contribution in [3.63, 3.8) is 0 Å². The lowest BCUT2D eigenvalue weighted by atomic mass is 10.2. The van der Waals surface area contributed by atoms with Crippen LogP contribution in [0.15, 0.2) is 0 Å². The molecule has 0 aromatic heterocycles. The Bertz CT molecular complexity index is 100. The van der Waals surface area contributed by atoms with Gasteiger partial charge in [0.25, 0.3) is 0 Å². The van der Waals surface area contributed by atoms with Crippen LogP contribution in [0.5, 0.6) is 0 Å². The van der Waals surface area contributed by atoms with Gasteiger partial charge >= 0.3 is 0 Å². The van der Waals surface area contributed by atoms with Crippen molar-refractivity contribution < 1.29 is 5.11 Å². The third-order valence-electron chi connectivity index (χ3n) is 1.18. The highest BCUT2D eigenvalue weighted by Gasteiger charge is 2.38. The maximum atomic E-state index is 8.96. The summed E-state index contributed by atoms with van der Waals surface area (Å²) in [5.74, 6) is 0.816. The second kappa shape index (κ2) is 7.42. The molecule has 13 heavy (non-hydrogen) atoms. The fourth-order valence-corrected chi connectivity index (χ4v) is 0.401. The Morgan fingerprint density at radius 3 is 1.46 bits per heavy atom. The molecule has 0 atom stereocenters. The largest absolute Gasteiger partial charge is 0.386 e. The number of alkyl halides is 4. The number of aliphatic hydroxyl groups is 1. The molecule has 0 saturated carbocycles. The summed E-state index contributed by atoms with van der Waals surface area (Å²) < 4.78 is -1.59.